The number of para-hydroxylation sites is 1. The van der Waals surface area contributed by atoms with E-state index in [1.807, 2.05) is 0 Å². The predicted molar refractivity (Wildman–Crippen MR) is 60.5 cm³/mol. The summed E-state index contributed by atoms with van der Waals surface area (Å²) in [6, 6.07) is 6.04. The lowest BCUT2D eigenvalue weighted by atomic mass is 10.2. The molecule has 0 aliphatic heterocycles. The summed E-state index contributed by atoms with van der Waals surface area (Å²) in [6.07, 6.45) is 0.713. The standard InChI is InChI=1S/C11H12ClNO3/c12-7-3-6-10(15)13-11(16)8-4-1-2-5-9(8)14/h1-2,4-5,14H,3,6-7H2,(H,13,15,16). The molecule has 0 fully saturated rings. The van der Waals surface area contributed by atoms with Gasteiger partial charge in [0.15, 0.2) is 0 Å². The number of hydrogen-bond donors (Lipinski definition) is 2. The number of nitrogens with one attached hydrogen (secondary N) is 1. The van der Waals surface area contributed by atoms with Gasteiger partial charge < -0.3 is 5.11 Å². The molecule has 4 nitrogen and oxygen atoms in total. The Bertz CT molecular complexity index is 393. The summed E-state index contributed by atoms with van der Waals surface area (Å²) < 4.78 is 0. The molecule has 0 aromatic heterocycles. The van der Waals surface area contributed by atoms with Gasteiger partial charge in [-0.2, -0.15) is 0 Å². The first-order valence-electron chi connectivity index (χ1n) is 4.83. The minimum atomic E-state index is -0.599. The maximum absolute atomic E-state index is 11.5. The molecule has 1 aromatic rings. The van der Waals surface area contributed by atoms with Gasteiger partial charge in [0, 0.05) is 12.3 Å². The van der Waals surface area contributed by atoms with Crippen LogP contribution in [0.4, 0.5) is 0 Å². The fourth-order valence-electron chi connectivity index (χ4n) is 1.15. The van der Waals surface area contributed by atoms with E-state index in [9.17, 15) is 14.7 Å². The van der Waals surface area contributed by atoms with Gasteiger partial charge in [0.05, 0.1) is 5.56 Å². The number of benzene rings is 1. The normalized spacial score (nSPS) is 9.81. The van der Waals surface area contributed by atoms with E-state index in [-0.39, 0.29) is 17.7 Å². The van der Waals surface area contributed by atoms with E-state index in [2.05, 4.69) is 5.32 Å². The number of amides is 2. The Morgan fingerprint density at radius 3 is 2.62 bits per heavy atom. The highest BCUT2D eigenvalue weighted by Crippen LogP contribution is 2.14. The minimum absolute atomic E-state index is 0.0849. The van der Waals surface area contributed by atoms with E-state index in [0.717, 1.165) is 0 Å². The molecule has 0 atom stereocenters. The molecule has 16 heavy (non-hydrogen) atoms. The number of aromatic hydroxyl groups is 1. The zero-order chi connectivity index (χ0) is 12.0. The molecule has 0 aliphatic rings. The van der Waals surface area contributed by atoms with Crippen LogP contribution in [0.5, 0.6) is 5.75 Å². The highest BCUT2D eigenvalue weighted by Gasteiger charge is 2.12. The molecule has 5 heteroatoms. The first-order valence-corrected chi connectivity index (χ1v) is 5.36. The Balaban J connectivity index is 2.59. The lowest BCUT2D eigenvalue weighted by Gasteiger charge is -2.04. The van der Waals surface area contributed by atoms with Crippen molar-refractivity contribution >= 4 is 23.4 Å². The summed E-state index contributed by atoms with van der Waals surface area (Å²) in [4.78, 5) is 22.7. The third-order valence-electron chi connectivity index (χ3n) is 1.94. The van der Waals surface area contributed by atoms with Gasteiger partial charge in [-0.15, -0.1) is 11.6 Å². The summed E-state index contributed by atoms with van der Waals surface area (Å²) in [5, 5.41) is 11.6. The Hall–Kier alpha value is -1.55. The highest BCUT2D eigenvalue weighted by atomic mass is 35.5. The molecule has 0 aliphatic carbocycles. The number of alkyl halides is 1. The van der Waals surface area contributed by atoms with Crippen molar-refractivity contribution < 1.29 is 14.7 Å². The number of phenolic OH excluding ortho intramolecular Hbond substituents is 1. The molecule has 2 N–H and O–H groups in total. The molecular weight excluding hydrogens is 230 g/mol. The molecule has 0 saturated heterocycles. The van der Waals surface area contributed by atoms with Crippen LogP contribution >= 0.6 is 11.6 Å². The van der Waals surface area contributed by atoms with Gasteiger partial charge >= 0.3 is 0 Å². The smallest absolute Gasteiger partial charge is 0.261 e. The van der Waals surface area contributed by atoms with Crippen LogP contribution in [0.15, 0.2) is 24.3 Å². The Labute approximate surface area is 98.2 Å². The average molecular weight is 242 g/mol. The van der Waals surface area contributed by atoms with Gasteiger partial charge in [-0.3, -0.25) is 14.9 Å². The van der Waals surface area contributed by atoms with Crippen LogP contribution in [0.2, 0.25) is 0 Å². The van der Waals surface area contributed by atoms with Crippen LogP contribution in [-0.2, 0) is 4.79 Å². The number of imide groups is 1. The second-order valence-corrected chi connectivity index (χ2v) is 3.56. The maximum atomic E-state index is 11.5. The number of phenols is 1. The van der Waals surface area contributed by atoms with Gasteiger partial charge in [-0.25, -0.2) is 0 Å². The van der Waals surface area contributed by atoms with Crippen molar-refractivity contribution in [2.24, 2.45) is 0 Å². The van der Waals surface area contributed by atoms with Crippen LogP contribution in [0.3, 0.4) is 0 Å². The largest absolute Gasteiger partial charge is 0.507 e. The molecule has 2 amide bonds. The number of carbonyl (C=O) groups excluding carboxylic acids is 2. The van der Waals surface area contributed by atoms with E-state index < -0.39 is 11.8 Å². The molecule has 0 spiro atoms. The van der Waals surface area contributed by atoms with Crippen molar-refractivity contribution in [3.8, 4) is 5.75 Å². The molecule has 1 aromatic carbocycles. The van der Waals surface area contributed by atoms with Crippen molar-refractivity contribution in [2.75, 3.05) is 5.88 Å². The second kappa shape index (κ2) is 6.12. The first-order chi connectivity index (χ1) is 7.65. The number of carbonyl (C=O) groups is 2. The maximum Gasteiger partial charge on any atom is 0.261 e. The lowest BCUT2D eigenvalue weighted by Crippen LogP contribution is -2.30. The monoisotopic (exact) mass is 241 g/mol. The van der Waals surface area contributed by atoms with Gasteiger partial charge in [0.2, 0.25) is 5.91 Å². The van der Waals surface area contributed by atoms with Crippen LogP contribution in [0.1, 0.15) is 23.2 Å². The third kappa shape index (κ3) is 3.55. The topological polar surface area (TPSA) is 66.4 Å². The summed E-state index contributed by atoms with van der Waals surface area (Å²) in [5.74, 6) is -0.769. The van der Waals surface area contributed by atoms with Gasteiger partial charge in [-0.05, 0) is 18.6 Å². The second-order valence-electron chi connectivity index (χ2n) is 3.19. The quantitative estimate of drug-likeness (QED) is 0.788. The van der Waals surface area contributed by atoms with Crippen LogP contribution < -0.4 is 5.32 Å². The zero-order valence-electron chi connectivity index (χ0n) is 8.57. The summed E-state index contributed by atoms with van der Waals surface area (Å²) in [6.45, 7) is 0. The molecule has 0 saturated carbocycles. The van der Waals surface area contributed by atoms with Crippen molar-refractivity contribution in [1.82, 2.24) is 5.32 Å². The Morgan fingerprint density at radius 2 is 2.00 bits per heavy atom. The molecular formula is C11H12ClNO3. The first kappa shape index (κ1) is 12.5. The lowest BCUT2D eigenvalue weighted by molar-refractivity contribution is -0.120. The molecule has 0 unspecified atom stereocenters. The van der Waals surface area contributed by atoms with Crippen LogP contribution in [-0.4, -0.2) is 22.8 Å². The van der Waals surface area contributed by atoms with Gasteiger partial charge in [-0.1, -0.05) is 12.1 Å². The molecule has 0 bridgehead atoms. The van der Waals surface area contributed by atoms with E-state index >= 15 is 0 Å². The summed E-state index contributed by atoms with van der Waals surface area (Å²) >= 11 is 5.42. The van der Waals surface area contributed by atoms with Crippen LogP contribution in [0.25, 0.3) is 0 Å². The minimum Gasteiger partial charge on any atom is -0.507 e. The molecule has 0 radical (unpaired) electrons. The highest BCUT2D eigenvalue weighted by molar-refractivity contribution is 6.18. The van der Waals surface area contributed by atoms with Crippen molar-refractivity contribution in [1.29, 1.82) is 0 Å². The fourth-order valence-corrected chi connectivity index (χ4v) is 1.28. The van der Waals surface area contributed by atoms with Crippen molar-refractivity contribution in [3.05, 3.63) is 29.8 Å². The van der Waals surface area contributed by atoms with E-state index in [1.165, 1.54) is 12.1 Å². The molecule has 1 rings (SSSR count). The number of halogens is 1. The number of rotatable bonds is 4. The summed E-state index contributed by atoms with van der Waals surface area (Å²) in [7, 11) is 0. The Kier molecular flexibility index (Phi) is 4.79. The van der Waals surface area contributed by atoms with E-state index in [0.29, 0.717) is 12.3 Å². The summed E-state index contributed by atoms with van der Waals surface area (Å²) in [5.41, 5.74) is 0.0849. The number of hydrogen-bond acceptors (Lipinski definition) is 3. The van der Waals surface area contributed by atoms with E-state index in [1.54, 1.807) is 12.1 Å². The molecule has 0 heterocycles. The van der Waals surface area contributed by atoms with Gasteiger partial charge in [0.25, 0.3) is 5.91 Å². The molecule has 86 valence electrons. The van der Waals surface area contributed by atoms with E-state index in [4.69, 9.17) is 11.6 Å². The average Bonchev–Trinajstić information content (AvgIpc) is 2.26. The third-order valence-corrected chi connectivity index (χ3v) is 2.21. The van der Waals surface area contributed by atoms with Gasteiger partial charge in [0.1, 0.15) is 5.75 Å². The predicted octanol–water partition coefficient (Wildman–Crippen LogP) is 1.67. The van der Waals surface area contributed by atoms with Crippen molar-refractivity contribution in [3.63, 3.8) is 0 Å². The SMILES string of the molecule is O=C(CCCCl)NC(=O)c1ccccc1O. The Morgan fingerprint density at radius 1 is 1.31 bits per heavy atom. The fraction of sp³-hybridized carbons (Fsp3) is 0.273. The van der Waals surface area contributed by atoms with Crippen molar-refractivity contribution in [2.45, 2.75) is 12.8 Å². The van der Waals surface area contributed by atoms with Crippen LogP contribution in [0, 0.1) is 0 Å². The zero-order valence-corrected chi connectivity index (χ0v) is 9.33.